The van der Waals surface area contributed by atoms with Gasteiger partial charge in [0.05, 0.1) is 24.2 Å². The van der Waals surface area contributed by atoms with E-state index in [1.165, 1.54) is 18.3 Å². The molecule has 0 N–H and O–H groups in total. The molecule has 5 heterocycles. The van der Waals surface area contributed by atoms with E-state index in [0.29, 0.717) is 35.6 Å². The van der Waals surface area contributed by atoms with E-state index in [-0.39, 0.29) is 11.6 Å². The first-order chi connectivity index (χ1) is 12.8. The van der Waals surface area contributed by atoms with E-state index in [1.54, 1.807) is 27.8 Å². The second-order valence-electron chi connectivity index (χ2n) is 6.06. The first-order valence-electron chi connectivity index (χ1n) is 8.18. The Hall–Kier alpha value is -3.27. The van der Waals surface area contributed by atoms with Crippen LogP contribution >= 0.6 is 0 Å². The van der Waals surface area contributed by atoms with E-state index < -0.39 is 0 Å². The van der Waals surface area contributed by atoms with Gasteiger partial charge in [-0.15, -0.1) is 5.10 Å². The van der Waals surface area contributed by atoms with E-state index in [0.717, 1.165) is 11.8 Å². The molecule has 0 aromatic carbocycles. The highest BCUT2D eigenvalue weighted by Gasteiger charge is 2.21. The van der Waals surface area contributed by atoms with Gasteiger partial charge in [0.2, 0.25) is 5.65 Å². The Balaban J connectivity index is 1.68. The standard InChI is InChI=1S/C16H15N7O3/c1-25-23-15-12(6-19-23)14(17-9-18-15)22-7-10-2-4-21(11-3-5-26-8-11)16(24)13(10)20-22/h2,4,6-7,9,11H,3,5,8H2,1H3. The second-order valence-corrected chi connectivity index (χ2v) is 6.06. The van der Waals surface area contributed by atoms with Crippen LogP contribution in [0.25, 0.3) is 27.8 Å². The van der Waals surface area contributed by atoms with Crippen LogP contribution in [-0.2, 0) is 4.74 Å². The molecule has 0 spiro atoms. The molecule has 1 aliphatic rings. The van der Waals surface area contributed by atoms with Gasteiger partial charge in [-0.2, -0.15) is 5.10 Å². The lowest BCUT2D eigenvalue weighted by molar-refractivity contribution is 0.143. The Morgan fingerprint density at radius 2 is 2.27 bits per heavy atom. The highest BCUT2D eigenvalue weighted by Crippen LogP contribution is 2.21. The largest absolute Gasteiger partial charge is 0.398 e. The number of ether oxygens (including phenoxy) is 1. The van der Waals surface area contributed by atoms with Crippen LogP contribution < -0.4 is 10.4 Å². The molecule has 1 aliphatic heterocycles. The Labute approximate surface area is 146 Å². The van der Waals surface area contributed by atoms with Crippen molar-refractivity contribution >= 4 is 21.9 Å². The van der Waals surface area contributed by atoms with Gasteiger partial charge in [-0.05, 0) is 12.5 Å². The van der Waals surface area contributed by atoms with Gasteiger partial charge >= 0.3 is 0 Å². The van der Waals surface area contributed by atoms with Crippen LogP contribution in [0.2, 0.25) is 0 Å². The van der Waals surface area contributed by atoms with Crippen LogP contribution in [0.4, 0.5) is 0 Å². The summed E-state index contributed by atoms with van der Waals surface area (Å²) in [6.07, 6.45) is 7.42. The summed E-state index contributed by atoms with van der Waals surface area (Å²) in [4.78, 5) is 27.7. The average molecular weight is 353 g/mol. The van der Waals surface area contributed by atoms with Gasteiger partial charge in [0.25, 0.3) is 5.56 Å². The molecule has 1 atom stereocenters. The zero-order chi connectivity index (χ0) is 17.7. The van der Waals surface area contributed by atoms with Gasteiger partial charge in [0.15, 0.2) is 11.3 Å². The summed E-state index contributed by atoms with van der Waals surface area (Å²) in [5, 5.41) is 10.0. The van der Waals surface area contributed by atoms with Crippen molar-refractivity contribution < 1.29 is 9.57 Å². The van der Waals surface area contributed by atoms with Crippen molar-refractivity contribution in [2.24, 2.45) is 0 Å². The number of aromatic nitrogens is 7. The summed E-state index contributed by atoms with van der Waals surface area (Å²) in [5.74, 6) is 0.532. The molecule has 0 radical (unpaired) electrons. The average Bonchev–Trinajstić information content (AvgIpc) is 3.40. The number of hydrogen-bond acceptors (Lipinski definition) is 7. The summed E-state index contributed by atoms with van der Waals surface area (Å²) in [6.45, 7) is 1.22. The lowest BCUT2D eigenvalue weighted by atomic mass is 10.2. The molecule has 1 saturated heterocycles. The van der Waals surface area contributed by atoms with Crippen LogP contribution in [0, 0.1) is 0 Å². The Kier molecular flexibility index (Phi) is 3.25. The van der Waals surface area contributed by atoms with E-state index in [1.807, 2.05) is 6.07 Å². The van der Waals surface area contributed by atoms with Crippen LogP contribution in [0.15, 0.2) is 35.8 Å². The van der Waals surface area contributed by atoms with Gasteiger partial charge in [-0.25, -0.2) is 14.6 Å². The number of nitrogens with zero attached hydrogens (tertiary/aromatic N) is 7. The molecular weight excluding hydrogens is 338 g/mol. The third-order valence-electron chi connectivity index (χ3n) is 4.60. The monoisotopic (exact) mass is 353 g/mol. The number of fused-ring (bicyclic) bond motifs is 2. The second kappa shape index (κ2) is 5.63. The topological polar surface area (TPSA) is 102 Å². The predicted octanol–water partition coefficient (Wildman–Crippen LogP) is 0.347. The molecule has 0 aliphatic carbocycles. The van der Waals surface area contributed by atoms with Gasteiger partial charge in [-0.1, -0.05) is 4.85 Å². The van der Waals surface area contributed by atoms with Crippen LogP contribution in [0.1, 0.15) is 12.5 Å². The summed E-state index contributed by atoms with van der Waals surface area (Å²) >= 11 is 0. The van der Waals surface area contributed by atoms with Gasteiger partial charge < -0.3 is 14.1 Å². The SMILES string of the molecule is COn1ncc2c(-n3cc4ccn(C5CCOC5)c(=O)c4n3)ncnc21. The highest BCUT2D eigenvalue weighted by molar-refractivity contribution is 5.83. The lowest BCUT2D eigenvalue weighted by Crippen LogP contribution is -2.24. The first-order valence-corrected chi connectivity index (χ1v) is 8.18. The van der Waals surface area contributed by atoms with Crippen molar-refractivity contribution in [3.05, 3.63) is 41.3 Å². The van der Waals surface area contributed by atoms with E-state index >= 15 is 0 Å². The predicted molar refractivity (Wildman–Crippen MR) is 91.2 cm³/mol. The summed E-state index contributed by atoms with van der Waals surface area (Å²) in [5.41, 5.74) is 0.789. The van der Waals surface area contributed by atoms with E-state index in [2.05, 4.69) is 20.2 Å². The van der Waals surface area contributed by atoms with Crippen molar-refractivity contribution in [3.63, 3.8) is 0 Å². The quantitative estimate of drug-likeness (QED) is 0.523. The van der Waals surface area contributed by atoms with Gasteiger partial charge in [0, 0.05) is 24.4 Å². The van der Waals surface area contributed by atoms with Crippen molar-refractivity contribution in [3.8, 4) is 5.82 Å². The maximum Gasteiger partial charge on any atom is 0.279 e. The molecule has 1 fully saturated rings. The molecule has 4 aromatic heterocycles. The molecule has 0 amide bonds. The minimum Gasteiger partial charge on any atom is -0.398 e. The fourth-order valence-corrected chi connectivity index (χ4v) is 3.29. The first kappa shape index (κ1) is 15.0. The van der Waals surface area contributed by atoms with Gasteiger partial charge in [-0.3, -0.25) is 4.79 Å². The number of hydrogen-bond donors (Lipinski definition) is 0. The van der Waals surface area contributed by atoms with Crippen molar-refractivity contribution in [2.45, 2.75) is 12.5 Å². The zero-order valence-electron chi connectivity index (χ0n) is 13.9. The summed E-state index contributed by atoms with van der Waals surface area (Å²) < 4.78 is 8.67. The molecule has 1 unspecified atom stereocenters. The molecule has 4 aromatic rings. The highest BCUT2D eigenvalue weighted by atomic mass is 16.7. The fraction of sp³-hybridized carbons (Fsp3) is 0.312. The third kappa shape index (κ3) is 2.12. The summed E-state index contributed by atoms with van der Waals surface area (Å²) in [6, 6.07) is 1.94. The van der Waals surface area contributed by atoms with E-state index in [4.69, 9.17) is 9.57 Å². The summed E-state index contributed by atoms with van der Waals surface area (Å²) in [7, 11) is 1.51. The molecule has 0 saturated carbocycles. The third-order valence-corrected chi connectivity index (χ3v) is 4.60. The molecule has 26 heavy (non-hydrogen) atoms. The van der Waals surface area contributed by atoms with Crippen molar-refractivity contribution in [1.82, 2.24) is 34.3 Å². The molecule has 5 rings (SSSR count). The molecular formula is C16H15N7O3. The van der Waals surface area contributed by atoms with Crippen LogP contribution in [0.5, 0.6) is 0 Å². The molecule has 0 bridgehead atoms. The lowest BCUT2D eigenvalue weighted by Gasteiger charge is -2.10. The number of rotatable bonds is 3. The minimum atomic E-state index is -0.130. The maximum absolute atomic E-state index is 12.8. The van der Waals surface area contributed by atoms with E-state index in [9.17, 15) is 4.79 Å². The Morgan fingerprint density at radius 3 is 3.08 bits per heavy atom. The van der Waals surface area contributed by atoms with Crippen LogP contribution in [0.3, 0.4) is 0 Å². The maximum atomic E-state index is 12.8. The number of pyridine rings is 1. The smallest absolute Gasteiger partial charge is 0.279 e. The normalized spacial score (nSPS) is 17.3. The Bertz CT molecular complexity index is 1170. The molecule has 10 nitrogen and oxygen atoms in total. The fourth-order valence-electron chi connectivity index (χ4n) is 3.29. The van der Waals surface area contributed by atoms with Crippen LogP contribution in [-0.4, -0.2) is 54.6 Å². The Morgan fingerprint density at radius 1 is 1.35 bits per heavy atom. The molecule has 132 valence electrons. The van der Waals surface area contributed by atoms with Crippen molar-refractivity contribution in [1.29, 1.82) is 0 Å². The van der Waals surface area contributed by atoms with Crippen molar-refractivity contribution in [2.75, 3.05) is 20.3 Å². The minimum absolute atomic E-state index is 0.0581. The van der Waals surface area contributed by atoms with Gasteiger partial charge in [0.1, 0.15) is 13.4 Å². The molecule has 10 heteroatoms. The zero-order valence-corrected chi connectivity index (χ0v) is 13.9.